The van der Waals surface area contributed by atoms with Crippen LogP contribution in [0.2, 0.25) is 0 Å². The number of halogens is 1. The molecule has 0 spiro atoms. The Balaban J connectivity index is 2.08. The van der Waals surface area contributed by atoms with Gasteiger partial charge in [-0.3, -0.25) is 0 Å². The Morgan fingerprint density at radius 3 is 2.21 bits per heavy atom. The summed E-state index contributed by atoms with van der Waals surface area (Å²) in [5.41, 5.74) is 2.12. The number of carboxylic acid groups (broad SMARTS) is 1. The van der Waals surface area contributed by atoms with Crippen LogP contribution in [-0.2, 0) is 0 Å². The smallest absolute Gasteiger partial charge is 0.339 e. The Hall–Kier alpha value is -2.21. The number of carbonyl (C=O) groups is 1. The maximum absolute atomic E-state index is 11.4. The van der Waals surface area contributed by atoms with Crippen LogP contribution in [0.1, 0.15) is 21.5 Å². The second-order valence-corrected chi connectivity index (χ2v) is 6.12. The van der Waals surface area contributed by atoms with Gasteiger partial charge in [-0.25, -0.2) is 4.79 Å². The number of rotatable bonds is 7. The maximum Gasteiger partial charge on any atom is 0.339 e. The van der Waals surface area contributed by atoms with Crippen LogP contribution in [0.15, 0.2) is 34.8 Å². The standard InChI is InChI=1S/C18H19BrO5/c1-11-5-4-6-12(2)16(11)23-7-8-24-17-14(18(20)21)9-13(19)10-15(17)22-3/h4-6,9-10H,7-8H2,1-3H3,(H,20,21). The Labute approximate surface area is 149 Å². The molecule has 6 heteroatoms. The highest BCUT2D eigenvalue weighted by Crippen LogP contribution is 2.35. The van der Waals surface area contributed by atoms with E-state index < -0.39 is 5.97 Å². The van der Waals surface area contributed by atoms with Crippen molar-refractivity contribution >= 4 is 21.9 Å². The minimum atomic E-state index is -1.08. The van der Waals surface area contributed by atoms with E-state index in [1.54, 1.807) is 6.07 Å². The summed E-state index contributed by atoms with van der Waals surface area (Å²) in [5.74, 6) is 0.287. The van der Waals surface area contributed by atoms with Gasteiger partial charge in [-0.1, -0.05) is 34.1 Å². The minimum absolute atomic E-state index is 0.0355. The topological polar surface area (TPSA) is 65.0 Å². The highest BCUT2D eigenvalue weighted by molar-refractivity contribution is 9.10. The van der Waals surface area contributed by atoms with Crippen molar-refractivity contribution in [3.63, 3.8) is 0 Å². The van der Waals surface area contributed by atoms with Crippen LogP contribution >= 0.6 is 15.9 Å². The average Bonchev–Trinajstić information content (AvgIpc) is 2.53. The number of hydrogen-bond donors (Lipinski definition) is 1. The van der Waals surface area contributed by atoms with Crippen LogP contribution in [0.4, 0.5) is 0 Å². The molecule has 0 heterocycles. The third kappa shape index (κ3) is 4.20. The number of aryl methyl sites for hydroxylation is 2. The summed E-state index contributed by atoms with van der Waals surface area (Å²) in [6, 6.07) is 9.06. The number of ether oxygens (including phenoxy) is 3. The van der Waals surface area contributed by atoms with Gasteiger partial charge in [0.15, 0.2) is 11.5 Å². The Bertz CT molecular complexity index is 722. The van der Waals surface area contributed by atoms with Crippen molar-refractivity contribution in [2.45, 2.75) is 13.8 Å². The molecule has 1 N–H and O–H groups in total. The molecule has 0 aromatic heterocycles. The summed E-state index contributed by atoms with van der Waals surface area (Å²) in [7, 11) is 1.47. The first-order valence-corrected chi connectivity index (χ1v) is 8.16. The van der Waals surface area contributed by atoms with Crippen molar-refractivity contribution in [2.75, 3.05) is 20.3 Å². The normalized spacial score (nSPS) is 10.3. The molecular formula is C18H19BrO5. The predicted octanol–water partition coefficient (Wildman–Crippen LogP) is 4.23. The molecule has 0 fully saturated rings. The van der Waals surface area contributed by atoms with E-state index in [1.807, 2.05) is 32.0 Å². The maximum atomic E-state index is 11.4. The number of carboxylic acids is 1. The Kier molecular flexibility index (Phi) is 6.09. The lowest BCUT2D eigenvalue weighted by atomic mass is 10.1. The van der Waals surface area contributed by atoms with E-state index in [1.165, 1.54) is 13.2 Å². The van der Waals surface area contributed by atoms with E-state index in [4.69, 9.17) is 14.2 Å². The van der Waals surface area contributed by atoms with Gasteiger partial charge in [0.05, 0.1) is 7.11 Å². The monoisotopic (exact) mass is 394 g/mol. The SMILES string of the molecule is COc1cc(Br)cc(C(=O)O)c1OCCOc1c(C)cccc1C. The van der Waals surface area contributed by atoms with Gasteiger partial charge in [-0.15, -0.1) is 0 Å². The molecule has 0 atom stereocenters. The number of hydrogen-bond acceptors (Lipinski definition) is 4. The number of benzene rings is 2. The van der Waals surface area contributed by atoms with Gasteiger partial charge in [0.1, 0.15) is 24.5 Å². The molecule has 0 bridgehead atoms. The number of methoxy groups -OCH3 is 1. The van der Waals surface area contributed by atoms with E-state index >= 15 is 0 Å². The van der Waals surface area contributed by atoms with E-state index in [0.29, 0.717) is 16.8 Å². The van der Waals surface area contributed by atoms with Gasteiger partial charge < -0.3 is 19.3 Å². The van der Waals surface area contributed by atoms with Crippen LogP contribution in [0.3, 0.4) is 0 Å². The zero-order valence-electron chi connectivity index (χ0n) is 13.8. The summed E-state index contributed by atoms with van der Waals surface area (Å²) in [6.07, 6.45) is 0. The van der Waals surface area contributed by atoms with E-state index in [0.717, 1.165) is 16.9 Å². The number of para-hydroxylation sites is 1. The fraction of sp³-hybridized carbons (Fsp3) is 0.278. The average molecular weight is 395 g/mol. The highest BCUT2D eigenvalue weighted by atomic mass is 79.9. The van der Waals surface area contributed by atoms with Crippen molar-refractivity contribution < 1.29 is 24.1 Å². The molecule has 0 aliphatic rings. The van der Waals surface area contributed by atoms with Crippen molar-refractivity contribution in [3.8, 4) is 17.2 Å². The van der Waals surface area contributed by atoms with E-state index in [2.05, 4.69) is 15.9 Å². The van der Waals surface area contributed by atoms with Gasteiger partial charge >= 0.3 is 5.97 Å². The largest absolute Gasteiger partial charge is 0.493 e. The minimum Gasteiger partial charge on any atom is -0.493 e. The number of aromatic carboxylic acids is 1. The molecule has 2 aromatic rings. The quantitative estimate of drug-likeness (QED) is 0.711. The first-order chi connectivity index (χ1) is 11.4. The van der Waals surface area contributed by atoms with Gasteiger partial charge in [0, 0.05) is 4.47 Å². The van der Waals surface area contributed by atoms with E-state index in [-0.39, 0.29) is 17.9 Å². The van der Waals surface area contributed by atoms with Crippen LogP contribution < -0.4 is 14.2 Å². The summed E-state index contributed by atoms with van der Waals surface area (Å²) >= 11 is 3.26. The van der Waals surface area contributed by atoms with Crippen molar-refractivity contribution in [1.29, 1.82) is 0 Å². The second-order valence-electron chi connectivity index (χ2n) is 5.21. The third-order valence-corrected chi connectivity index (χ3v) is 3.91. The molecule has 128 valence electrons. The van der Waals surface area contributed by atoms with Crippen molar-refractivity contribution in [1.82, 2.24) is 0 Å². The third-order valence-electron chi connectivity index (χ3n) is 3.45. The lowest BCUT2D eigenvalue weighted by Crippen LogP contribution is -2.13. The molecule has 0 aliphatic carbocycles. The first-order valence-electron chi connectivity index (χ1n) is 7.36. The zero-order chi connectivity index (χ0) is 17.7. The lowest BCUT2D eigenvalue weighted by molar-refractivity contribution is 0.0690. The molecule has 24 heavy (non-hydrogen) atoms. The highest BCUT2D eigenvalue weighted by Gasteiger charge is 2.18. The Morgan fingerprint density at radius 2 is 1.67 bits per heavy atom. The summed E-state index contributed by atoms with van der Waals surface area (Å²) in [6.45, 7) is 4.45. The predicted molar refractivity (Wildman–Crippen MR) is 94.6 cm³/mol. The molecule has 5 nitrogen and oxygen atoms in total. The molecule has 0 amide bonds. The van der Waals surface area contributed by atoms with Crippen LogP contribution in [0, 0.1) is 13.8 Å². The van der Waals surface area contributed by atoms with Crippen molar-refractivity contribution in [2.24, 2.45) is 0 Å². The molecule has 0 saturated heterocycles. The Morgan fingerprint density at radius 1 is 1.08 bits per heavy atom. The van der Waals surface area contributed by atoms with Gasteiger partial charge in [0.25, 0.3) is 0 Å². The van der Waals surface area contributed by atoms with Crippen LogP contribution in [-0.4, -0.2) is 31.4 Å². The van der Waals surface area contributed by atoms with E-state index in [9.17, 15) is 9.90 Å². The van der Waals surface area contributed by atoms with Gasteiger partial charge in [-0.05, 0) is 37.1 Å². The fourth-order valence-corrected chi connectivity index (χ4v) is 2.78. The molecule has 0 unspecified atom stereocenters. The zero-order valence-corrected chi connectivity index (χ0v) is 15.3. The molecule has 0 radical (unpaired) electrons. The summed E-state index contributed by atoms with van der Waals surface area (Å²) in [4.78, 5) is 11.4. The van der Waals surface area contributed by atoms with Gasteiger partial charge in [0.2, 0.25) is 0 Å². The molecule has 0 saturated carbocycles. The second kappa shape index (κ2) is 8.06. The summed E-state index contributed by atoms with van der Waals surface area (Å²) in [5, 5.41) is 9.33. The van der Waals surface area contributed by atoms with Crippen molar-refractivity contribution in [3.05, 3.63) is 51.5 Å². The molecular weight excluding hydrogens is 376 g/mol. The summed E-state index contributed by atoms with van der Waals surface area (Å²) < 4.78 is 17.2. The first kappa shape index (κ1) is 18.1. The molecule has 2 rings (SSSR count). The molecule has 2 aromatic carbocycles. The fourth-order valence-electron chi connectivity index (χ4n) is 2.34. The van der Waals surface area contributed by atoms with Crippen LogP contribution in [0.25, 0.3) is 0 Å². The molecule has 0 aliphatic heterocycles. The van der Waals surface area contributed by atoms with Crippen LogP contribution in [0.5, 0.6) is 17.2 Å². The lowest BCUT2D eigenvalue weighted by Gasteiger charge is -2.15. The van der Waals surface area contributed by atoms with Gasteiger partial charge in [-0.2, -0.15) is 0 Å².